The monoisotopic (exact) mass is 320 g/mol. The fourth-order valence-corrected chi connectivity index (χ4v) is 2.22. The molecule has 0 fully saturated rings. The van der Waals surface area contributed by atoms with Crippen LogP contribution in [0.2, 0.25) is 0 Å². The van der Waals surface area contributed by atoms with Gasteiger partial charge in [0.25, 0.3) is 0 Å². The highest BCUT2D eigenvalue weighted by Crippen LogP contribution is 2.12. The number of carbonyl (C=O) groups excluding carboxylic acids is 2. The first kappa shape index (κ1) is 19.2. The average molecular weight is 320 g/mol. The van der Waals surface area contributed by atoms with Gasteiger partial charge in [-0.2, -0.15) is 0 Å². The predicted octanol–water partition coefficient (Wildman–Crippen LogP) is 2.05. The zero-order valence-corrected chi connectivity index (χ0v) is 14.7. The van der Waals surface area contributed by atoms with Crippen molar-refractivity contribution in [2.45, 2.75) is 58.2 Å². The van der Waals surface area contributed by atoms with Gasteiger partial charge in [-0.15, -0.1) is 0 Å². The van der Waals surface area contributed by atoms with Gasteiger partial charge in [-0.05, 0) is 39.7 Å². The zero-order valence-electron chi connectivity index (χ0n) is 14.7. The Bertz CT molecular complexity index is 509. The molecular weight excluding hydrogens is 292 g/mol. The minimum Gasteiger partial charge on any atom is -0.459 e. The van der Waals surface area contributed by atoms with Crippen LogP contribution in [0.4, 0.5) is 0 Å². The third-order valence-corrected chi connectivity index (χ3v) is 3.23. The van der Waals surface area contributed by atoms with Crippen LogP contribution in [-0.2, 0) is 20.7 Å². The van der Waals surface area contributed by atoms with Crippen LogP contribution in [-0.4, -0.2) is 36.6 Å². The molecule has 0 aliphatic carbocycles. The molecule has 5 nitrogen and oxygen atoms in total. The van der Waals surface area contributed by atoms with Crippen LogP contribution in [0.1, 0.15) is 39.7 Å². The first-order valence-corrected chi connectivity index (χ1v) is 7.94. The molecule has 0 radical (unpaired) electrons. The molecule has 1 aromatic carbocycles. The normalized spacial score (nSPS) is 14.0. The number of hydrogen-bond acceptors (Lipinski definition) is 4. The molecule has 2 N–H and O–H groups in total. The lowest BCUT2D eigenvalue weighted by Crippen LogP contribution is -2.47. The third-order valence-electron chi connectivity index (χ3n) is 3.23. The number of hydrogen-bond donors (Lipinski definition) is 2. The minimum absolute atomic E-state index is 0.0624. The van der Waals surface area contributed by atoms with Crippen molar-refractivity contribution in [2.24, 2.45) is 0 Å². The average Bonchev–Trinajstić information content (AvgIpc) is 2.45. The van der Waals surface area contributed by atoms with Gasteiger partial charge >= 0.3 is 5.97 Å². The molecule has 0 saturated heterocycles. The molecule has 0 heterocycles. The van der Waals surface area contributed by atoms with Crippen molar-refractivity contribution in [1.82, 2.24) is 10.6 Å². The van der Waals surface area contributed by atoms with Gasteiger partial charge < -0.3 is 15.4 Å². The molecule has 2 atom stereocenters. The molecule has 23 heavy (non-hydrogen) atoms. The van der Waals surface area contributed by atoms with E-state index >= 15 is 0 Å². The van der Waals surface area contributed by atoms with Gasteiger partial charge in [-0.1, -0.05) is 30.3 Å². The quantitative estimate of drug-likeness (QED) is 0.755. The summed E-state index contributed by atoms with van der Waals surface area (Å²) in [6.07, 6.45) is 0.832. The summed E-state index contributed by atoms with van der Waals surface area (Å²) >= 11 is 0. The largest absolute Gasteiger partial charge is 0.459 e. The lowest BCUT2D eigenvalue weighted by atomic mass is 10.0. The predicted molar refractivity (Wildman–Crippen MR) is 91.1 cm³/mol. The van der Waals surface area contributed by atoms with Gasteiger partial charge in [0.05, 0.1) is 0 Å². The summed E-state index contributed by atoms with van der Waals surface area (Å²) in [5.41, 5.74) is 0.501. The summed E-state index contributed by atoms with van der Waals surface area (Å²) in [6.45, 7) is 7.42. The highest BCUT2D eigenvalue weighted by atomic mass is 16.6. The molecule has 0 aromatic heterocycles. The standard InChI is InChI=1S/C18H28N2O3/c1-13(11-16(21)19-5)20-15(17(22)23-18(2,3)4)12-14-9-7-6-8-10-14/h6-10,13,15,20H,11-12H2,1-5H3,(H,19,21)/t13?,15-/m1/s1. The van der Waals surface area contributed by atoms with Crippen molar-refractivity contribution in [2.75, 3.05) is 7.05 Å². The van der Waals surface area contributed by atoms with E-state index in [0.29, 0.717) is 12.8 Å². The van der Waals surface area contributed by atoms with E-state index in [9.17, 15) is 9.59 Å². The van der Waals surface area contributed by atoms with E-state index in [1.54, 1.807) is 7.05 Å². The summed E-state index contributed by atoms with van der Waals surface area (Å²) < 4.78 is 5.50. The number of amides is 1. The van der Waals surface area contributed by atoms with Crippen molar-refractivity contribution in [3.05, 3.63) is 35.9 Å². The van der Waals surface area contributed by atoms with Crippen molar-refractivity contribution in [3.8, 4) is 0 Å². The number of ether oxygens (including phenoxy) is 1. The van der Waals surface area contributed by atoms with Crippen molar-refractivity contribution in [1.29, 1.82) is 0 Å². The molecule has 0 bridgehead atoms. The van der Waals surface area contributed by atoms with E-state index in [0.717, 1.165) is 5.56 Å². The molecule has 128 valence electrons. The Hall–Kier alpha value is -1.88. The molecular formula is C18H28N2O3. The second-order valence-electron chi connectivity index (χ2n) is 6.72. The van der Waals surface area contributed by atoms with Gasteiger partial charge in [0.15, 0.2) is 0 Å². The Kier molecular flexibility index (Phi) is 7.23. The van der Waals surface area contributed by atoms with Crippen LogP contribution in [0.5, 0.6) is 0 Å². The number of rotatable bonds is 7. The third kappa shape index (κ3) is 7.79. The van der Waals surface area contributed by atoms with E-state index in [2.05, 4.69) is 10.6 Å². The number of carbonyl (C=O) groups is 2. The van der Waals surface area contributed by atoms with Gasteiger partial charge in [0, 0.05) is 19.5 Å². The van der Waals surface area contributed by atoms with Crippen molar-refractivity contribution in [3.63, 3.8) is 0 Å². The second kappa shape index (κ2) is 8.67. The minimum atomic E-state index is -0.544. The molecule has 1 rings (SSSR count). The Morgan fingerprint density at radius 3 is 2.30 bits per heavy atom. The highest BCUT2D eigenvalue weighted by molar-refractivity contribution is 5.78. The Morgan fingerprint density at radius 1 is 1.17 bits per heavy atom. The summed E-state index contributed by atoms with van der Waals surface area (Å²) in [6, 6.07) is 9.15. The van der Waals surface area contributed by atoms with Gasteiger partial charge in [-0.25, -0.2) is 0 Å². The fraction of sp³-hybridized carbons (Fsp3) is 0.556. The summed E-state index contributed by atoms with van der Waals surface area (Å²) in [7, 11) is 1.60. The lowest BCUT2D eigenvalue weighted by Gasteiger charge is -2.26. The van der Waals surface area contributed by atoms with Crippen LogP contribution in [0.3, 0.4) is 0 Å². The van der Waals surface area contributed by atoms with Gasteiger partial charge in [-0.3, -0.25) is 9.59 Å². The van der Waals surface area contributed by atoms with Crippen molar-refractivity contribution >= 4 is 11.9 Å². The van der Waals surface area contributed by atoms with Crippen LogP contribution >= 0.6 is 0 Å². The molecule has 1 unspecified atom stereocenters. The van der Waals surface area contributed by atoms with Gasteiger partial charge in [0.2, 0.25) is 5.91 Å². The van der Waals surface area contributed by atoms with Crippen LogP contribution in [0.25, 0.3) is 0 Å². The first-order valence-electron chi connectivity index (χ1n) is 7.94. The Morgan fingerprint density at radius 2 is 1.78 bits per heavy atom. The maximum Gasteiger partial charge on any atom is 0.324 e. The van der Waals surface area contributed by atoms with E-state index in [1.165, 1.54) is 0 Å². The number of nitrogens with one attached hydrogen (secondary N) is 2. The number of esters is 1. The molecule has 5 heteroatoms. The SMILES string of the molecule is CNC(=O)CC(C)N[C@H](Cc1ccccc1)C(=O)OC(C)(C)C. The topological polar surface area (TPSA) is 67.4 Å². The Labute approximate surface area is 138 Å². The van der Waals surface area contributed by atoms with Crippen molar-refractivity contribution < 1.29 is 14.3 Å². The summed E-state index contributed by atoms with van der Waals surface area (Å²) in [5, 5.41) is 5.81. The maximum atomic E-state index is 12.5. The maximum absolute atomic E-state index is 12.5. The van der Waals surface area contributed by atoms with E-state index in [4.69, 9.17) is 4.74 Å². The van der Waals surface area contributed by atoms with E-state index in [-0.39, 0.29) is 17.9 Å². The summed E-state index contributed by atoms with van der Waals surface area (Å²) in [4.78, 5) is 24.0. The van der Waals surface area contributed by atoms with E-state index < -0.39 is 11.6 Å². The highest BCUT2D eigenvalue weighted by Gasteiger charge is 2.27. The summed E-state index contributed by atoms with van der Waals surface area (Å²) in [5.74, 6) is -0.363. The van der Waals surface area contributed by atoms with Crippen LogP contribution < -0.4 is 10.6 Å². The molecule has 0 aliphatic heterocycles. The molecule has 0 saturated carbocycles. The Balaban J connectivity index is 2.79. The molecule has 1 aromatic rings. The second-order valence-corrected chi connectivity index (χ2v) is 6.72. The zero-order chi connectivity index (χ0) is 17.5. The molecule has 0 aliphatic rings. The number of benzene rings is 1. The molecule has 1 amide bonds. The van der Waals surface area contributed by atoms with Crippen LogP contribution in [0.15, 0.2) is 30.3 Å². The first-order chi connectivity index (χ1) is 10.7. The lowest BCUT2D eigenvalue weighted by molar-refractivity contribution is -0.157. The molecule has 0 spiro atoms. The fourth-order valence-electron chi connectivity index (χ4n) is 2.22. The van der Waals surface area contributed by atoms with E-state index in [1.807, 2.05) is 58.0 Å². The van der Waals surface area contributed by atoms with Crippen LogP contribution in [0, 0.1) is 0 Å². The smallest absolute Gasteiger partial charge is 0.324 e. The van der Waals surface area contributed by atoms with Gasteiger partial charge in [0.1, 0.15) is 11.6 Å².